The molecule has 2 atom stereocenters. The van der Waals surface area contributed by atoms with E-state index in [2.05, 4.69) is 5.43 Å². The fourth-order valence-electron chi connectivity index (χ4n) is 3.88. The second-order valence-corrected chi connectivity index (χ2v) is 8.28. The molecule has 4 rings (SSSR count). The zero-order valence-electron chi connectivity index (χ0n) is 16.2. The molecule has 2 amide bonds. The van der Waals surface area contributed by atoms with Crippen LogP contribution in [0, 0.1) is 0 Å². The van der Waals surface area contributed by atoms with Crippen LogP contribution in [0.3, 0.4) is 0 Å². The minimum Gasteiger partial charge on any atom is -0.480 e. The van der Waals surface area contributed by atoms with Crippen molar-refractivity contribution < 1.29 is 29.4 Å². The number of amides is 2. The number of rotatable bonds is 7. The molecular weight excluding hydrogens is 422 g/mol. The number of nitrogens with one attached hydrogen (secondary N) is 1. The van der Waals surface area contributed by atoms with E-state index in [4.69, 9.17) is 0 Å². The van der Waals surface area contributed by atoms with E-state index in [1.54, 1.807) is 35.7 Å². The van der Waals surface area contributed by atoms with Gasteiger partial charge in [0.25, 0.3) is 11.8 Å². The van der Waals surface area contributed by atoms with Crippen molar-refractivity contribution in [3.63, 3.8) is 0 Å². The number of hydrazine groups is 1. The predicted molar refractivity (Wildman–Crippen MR) is 110 cm³/mol. The van der Waals surface area contributed by atoms with Crippen LogP contribution in [0.4, 0.5) is 0 Å². The van der Waals surface area contributed by atoms with E-state index in [9.17, 15) is 29.4 Å². The normalized spacial score (nSPS) is 19.9. The number of allylic oxidation sites excluding steroid dienone is 1. The van der Waals surface area contributed by atoms with E-state index in [0.717, 1.165) is 0 Å². The molecular formula is C21H19N3O6S. The Kier molecular flexibility index (Phi) is 5.34. The molecule has 2 aliphatic rings. The maximum absolute atomic E-state index is 12.9. The van der Waals surface area contributed by atoms with Crippen molar-refractivity contribution in [2.75, 3.05) is 0 Å². The molecule has 2 aliphatic heterocycles. The molecule has 3 N–H and O–H groups in total. The number of hydrogen-bond donors (Lipinski definition) is 3. The van der Waals surface area contributed by atoms with Crippen molar-refractivity contribution in [3.05, 3.63) is 70.1 Å². The average Bonchev–Trinajstić information content (AvgIpc) is 3.35. The van der Waals surface area contributed by atoms with Gasteiger partial charge < -0.3 is 15.1 Å². The van der Waals surface area contributed by atoms with Crippen LogP contribution >= 0.6 is 11.3 Å². The zero-order chi connectivity index (χ0) is 22.2. The summed E-state index contributed by atoms with van der Waals surface area (Å²) in [6.45, 7) is 0. The summed E-state index contributed by atoms with van der Waals surface area (Å²) < 4.78 is 0. The van der Waals surface area contributed by atoms with Gasteiger partial charge in [-0.05, 0) is 42.6 Å². The lowest BCUT2D eigenvalue weighted by molar-refractivity contribution is -0.162. The monoisotopic (exact) mass is 441 g/mol. The largest absolute Gasteiger partial charge is 0.480 e. The van der Waals surface area contributed by atoms with Crippen molar-refractivity contribution in [2.45, 2.75) is 31.0 Å². The third-order valence-corrected chi connectivity index (χ3v) is 6.27. The van der Waals surface area contributed by atoms with Crippen molar-refractivity contribution >= 4 is 35.1 Å². The Bertz CT molecular complexity index is 1050. The van der Waals surface area contributed by atoms with Crippen molar-refractivity contribution in [3.8, 4) is 0 Å². The molecule has 0 saturated heterocycles. The van der Waals surface area contributed by atoms with E-state index in [1.165, 1.54) is 34.6 Å². The van der Waals surface area contributed by atoms with Crippen LogP contribution in [-0.4, -0.2) is 55.6 Å². The van der Waals surface area contributed by atoms with Crippen molar-refractivity contribution in [1.29, 1.82) is 0 Å². The summed E-state index contributed by atoms with van der Waals surface area (Å²) in [4.78, 5) is 52.3. The molecule has 9 nitrogen and oxygen atoms in total. The summed E-state index contributed by atoms with van der Waals surface area (Å²) >= 11 is 1.30. The number of fused-ring (bicyclic) bond motifs is 1. The maximum Gasteiger partial charge on any atom is 0.346 e. The second kappa shape index (κ2) is 7.97. The molecule has 160 valence electrons. The van der Waals surface area contributed by atoms with E-state index >= 15 is 0 Å². The molecule has 0 saturated carbocycles. The molecule has 0 unspecified atom stereocenters. The van der Waals surface area contributed by atoms with Crippen molar-refractivity contribution in [2.24, 2.45) is 0 Å². The van der Waals surface area contributed by atoms with Crippen LogP contribution in [0.2, 0.25) is 0 Å². The molecule has 3 heterocycles. The maximum atomic E-state index is 12.9. The topological polar surface area (TPSA) is 127 Å². The van der Waals surface area contributed by atoms with E-state index in [1.807, 2.05) is 0 Å². The average molecular weight is 441 g/mol. The fourth-order valence-corrected chi connectivity index (χ4v) is 4.67. The van der Waals surface area contributed by atoms with E-state index in [0.29, 0.717) is 16.3 Å². The highest BCUT2D eigenvalue weighted by Gasteiger charge is 2.52. The van der Waals surface area contributed by atoms with Gasteiger partial charge in [0.15, 0.2) is 0 Å². The van der Waals surface area contributed by atoms with Gasteiger partial charge in [-0.1, -0.05) is 24.3 Å². The number of hydrogen-bond acceptors (Lipinski definition) is 7. The molecule has 10 heteroatoms. The highest BCUT2D eigenvalue weighted by Crippen LogP contribution is 2.31. The molecule has 0 bridgehead atoms. The smallest absolute Gasteiger partial charge is 0.346 e. The summed E-state index contributed by atoms with van der Waals surface area (Å²) in [7, 11) is 0. The van der Waals surface area contributed by atoms with Gasteiger partial charge in [0.2, 0.25) is 5.66 Å². The quantitative estimate of drug-likeness (QED) is 0.557. The number of carboxylic acids is 2. The SMILES string of the molecule is O=C(O)[C@@H]1CCC=CN1[C@@](Cc1cccs1)(NN1C(=O)c2ccccc2C1=O)C(=O)O. The molecule has 0 radical (unpaired) electrons. The van der Waals surface area contributed by atoms with Crippen molar-refractivity contribution in [1.82, 2.24) is 15.3 Å². The number of carbonyl (C=O) groups is 4. The molecule has 0 fully saturated rings. The number of aliphatic carboxylic acids is 2. The Balaban J connectivity index is 1.81. The number of carbonyl (C=O) groups excluding carboxylic acids is 2. The first-order chi connectivity index (χ1) is 14.8. The van der Waals surface area contributed by atoms with Gasteiger partial charge >= 0.3 is 11.9 Å². The lowest BCUT2D eigenvalue weighted by Gasteiger charge is -2.45. The lowest BCUT2D eigenvalue weighted by Crippen LogP contribution is -2.71. The number of thiophene rings is 1. The molecule has 2 aromatic rings. The highest BCUT2D eigenvalue weighted by molar-refractivity contribution is 7.09. The first kappa shape index (κ1) is 20.8. The minimum atomic E-state index is -2.09. The van der Waals surface area contributed by atoms with Gasteiger partial charge in [0.05, 0.1) is 11.1 Å². The standard InChI is InChI=1S/C21H19N3O6S/c25-17-14-7-1-2-8-15(14)18(26)24(17)22-21(20(29)30,12-13-6-5-11-31-13)23-10-4-3-9-16(23)19(27)28/h1-2,4-8,10-11,16,22H,3,9,12H2,(H,27,28)(H,29,30)/t16-,21+/m0/s1. The van der Waals surface area contributed by atoms with Gasteiger partial charge in [-0.2, -0.15) is 5.43 Å². The van der Waals surface area contributed by atoms with Gasteiger partial charge in [0, 0.05) is 11.3 Å². The zero-order valence-corrected chi connectivity index (χ0v) is 17.0. The third-order valence-electron chi connectivity index (χ3n) is 5.39. The van der Waals surface area contributed by atoms with Gasteiger partial charge in [0.1, 0.15) is 6.04 Å². The minimum absolute atomic E-state index is 0.152. The van der Waals surface area contributed by atoms with Crippen LogP contribution in [0.15, 0.2) is 54.1 Å². The second-order valence-electron chi connectivity index (χ2n) is 7.25. The van der Waals surface area contributed by atoms with Crippen LogP contribution < -0.4 is 5.43 Å². The fraction of sp³-hybridized carbons (Fsp3) is 0.238. The van der Waals surface area contributed by atoms with Crippen LogP contribution in [0.5, 0.6) is 0 Å². The van der Waals surface area contributed by atoms with E-state index in [-0.39, 0.29) is 24.0 Å². The number of carboxylic acid groups (broad SMARTS) is 2. The molecule has 0 spiro atoms. The number of nitrogens with zero attached hydrogens (tertiary/aromatic N) is 2. The summed E-state index contributed by atoms with van der Waals surface area (Å²) in [5.74, 6) is -3.98. The van der Waals surface area contributed by atoms with Crippen LogP contribution in [-0.2, 0) is 16.0 Å². The Morgan fingerprint density at radius 3 is 2.32 bits per heavy atom. The third kappa shape index (κ3) is 3.49. The summed E-state index contributed by atoms with van der Waals surface area (Å²) in [5.41, 5.74) is 0.840. The summed E-state index contributed by atoms with van der Waals surface area (Å²) in [6, 6.07) is 8.50. The summed E-state index contributed by atoms with van der Waals surface area (Å²) in [6.07, 6.45) is 3.58. The molecule has 1 aromatic carbocycles. The lowest BCUT2D eigenvalue weighted by atomic mass is 9.96. The van der Waals surface area contributed by atoms with E-state index < -0.39 is 35.5 Å². The van der Waals surface area contributed by atoms with Gasteiger partial charge in [-0.3, -0.25) is 9.59 Å². The Morgan fingerprint density at radius 1 is 1.10 bits per heavy atom. The van der Waals surface area contributed by atoms with Gasteiger partial charge in [-0.15, -0.1) is 11.3 Å². The molecule has 31 heavy (non-hydrogen) atoms. The first-order valence-electron chi connectivity index (χ1n) is 9.54. The molecule has 1 aromatic heterocycles. The van der Waals surface area contributed by atoms with Crippen LogP contribution in [0.25, 0.3) is 0 Å². The Labute approximate surface area is 181 Å². The van der Waals surface area contributed by atoms with Gasteiger partial charge in [-0.25, -0.2) is 14.6 Å². The number of benzene rings is 1. The molecule has 0 aliphatic carbocycles. The highest BCUT2D eigenvalue weighted by atomic mass is 32.1. The number of imide groups is 1. The van der Waals surface area contributed by atoms with Crippen LogP contribution in [0.1, 0.15) is 38.4 Å². The Morgan fingerprint density at radius 2 is 1.77 bits per heavy atom. The summed E-state index contributed by atoms with van der Waals surface area (Å²) in [5, 5.41) is 22.5. The Hall–Kier alpha value is -3.50. The first-order valence-corrected chi connectivity index (χ1v) is 10.4. The predicted octanol–water partition coefficient (Wildman–Crippen LogP) is 1.94.